The summed E-state index contributed by atoms with van der Waals surface area (Å²) in [6.07, 6.45) is 0.601. The summed E-state index contributed by atoms with van der Waals surface area (Å²) in [5.74, 6) is 0.0198. The molecule has 0 heterocycles. The van der Waals surface area contributed by atoms with Crippen LogP contribution in [0.1, 0.15) is 17.9 Å². The Morgan fingerprint density at radius 1 is 1.00 bits per heavy atom. The number of benzene rings is 2. The maximum absolute atomic E-state index is 12.5. The zero-order valence-corrected chi connectivity index (χ0v) is 11.9. The van der Waals surface area contributed by atoms with E-state index in [1.807, 2.05) is 30.3 Å². The van der Waals surface area contributed by atoms with Gasteiger partial charge in [0, 0.05) is 18.1 Å². The molecule has 0 aliphatic heterocycles. The van der Waals surface area contributed by atoms with Crippen molar-refractivity contribution in [3.8, 4) is 0 Å². The summed E-state index contributed by atoms with van der Waals surface area (Å²) >= 11 is 0. The van der Waals surface area contributed by atoms with Crippen LogP contribution in [0.5, 0.6) is 0 Å². The van der Waals surface area contributed by atoms with Gasteiger partial charge in [-0.25, -0.2) is 8.42 Å². The van der Waals surface area contributed by atoms with Crippen LogP contribution in [-0.2, 0) is 9.84 Å². The van der Waals surface area contributed by atoms with Crippen molar-refractivity contribution in [1.29, 1.82) is 0 Å². The highest BCUT2D eigenvalue weighted by Crippen LogP contribution is 2.48. The minimum absolute atomic E-state index is 0.0198. The van der Waals surface area contributed by atoms with Gasteiger partial charge in [-0.1, -0.05) is 30.3 Å². The summed E-state index contributed by atoms with van der Waals surface area (Å²) in [7, 11) is -3.43. The molecule has 0 aromatic heterocycles. The van der Waals surface area contributed by atoms with Crippen molar-refractivity contribution in [2.45, 2.75) is 22.5 Å². The second kappa shape index (κ2) is 4.96. The van der Waals surface area contributed by atoms with Crippen LogP contribution in [0.15, 0.2) is 59.5 Å². The van der Waals surface area contributed by atoms with Crippen LogP contribution in [0.3, 0.4) is 0 Å². The van der Waals surface area contributed by atoms with E-state index in [0.29, 0.717) is 6.42 Å². The van der Waals surface area contributed by atoms with Crippen molar-refractivity contribution < 1.29 is 13.3 Å². The SMILES string of the molecule is O=[N+]([O-])c1ccc(S(=O)(=O)C2CC2c2ccccc2)cc1. The molecule has 0 radical (unpaired) electrons. The molecule has 2 unspecified atom stereocenters. The molecule has 0 N–H and O–H groups in total. The maximum atomic E-state index is 12.5. The third kappa shape index (κ3) is 2.54. The standard InChI is InChI=1S/C15H13NO4S/c17-16(18)12-6-8-13(9-7-12)21(19,20)15-10-14(15)11-4-2-1-3-5-11/h1-9,14-15H,10H2. The summed E-state index contributed by atoms with van der Waals surface area (Å²) in [6, 6.07) is 14.6. The Labute approximate surface area is 122 Å². The summed E-state index contributed by atoms with van der Waals surface area (Å²) in [5, 5.41) is 10.2. The quantitative estimate of drug-likeness (QED) is 0.642. The predicted octanol–water partition coefficient (Wildman–Crippen LogP) is 2.92. The second-order valence-electron chi connectivity index (χ2n) is 5.09. The van der Waals surface area contributed by atoms with Crippen molar-refractivity contribution in [2.24, 2.45) is 0 Å². The second-order valence-corrected chi connectivity index (χ2v) is 7.25. The van der Waals surface area contributed by atoms with E-state index in [2.05, 4.69) is 0 Å². The van der Waals surface area contributed by atoms with Gasteiger partial charge in [-0.3, -0.25) is 10.1 Å². The van der Waals surface area contributed by atoms with Crippen molar-refractivity contribution >= 4 is 15.5 Å². The smallest absolute Gasteiger partial charge is 0.258 e. The topological polar surface area (TPSA) is 77.3 Å². The minimum atomic E-state index is -3.43. The third-order valence-corrected chi connectivity index (χ3v) is 5.98. The van der Waals surface area contributed by atoms with Gasteiger partial charge in [0.1, 0.15) is 0 Å². The molecule has 1 aliphatic rings. The fraction of sp³-hybridized carbons (Fsp3) is 0.200. The maximum Gasteiger partial charge on any atom is 0.269 e. The van der Waals surface area contributed by atoms with Gasteiger partial charge in [-0.05, 0) is 24.1 Å². The molecule has 2 aromatic rings. The Balaban J connectivity index is 1.84. The van der Waals surface area contributed by atoms with Crippen LogP contribution in [0, 0.1) is 10.1 Å². The number of non-ortho nitro benzene ring substituents is 1. The molecule has 1 fully saturated rings. The Hall–Kier alpha value is -2.21. The van der Waals surface area contributed by atoms with Gasteiger partial charge in [0.2, 0.25) is 0 Å². The first-order valence-electron chi connectivity index (χ1n) is 6.53. The van der Waals surface area contributed by atoms with Gasteiger partial charge in [-0.2, -0.15) is 0 Å². The van der Waals surface area contributed by atoms with E-state index in [1.165, 1.54) is 24.3 Å². The van der Waals surface area contributed by atoms with Gasteiger partial charge in [0.05, 0.1) is 15.1 Å². The fourth-order valence-corrected chi connectivity index (χ4v) is 4.41. The number of sulfone groups is 1. The van der Waals surface area contributed by atoms with Crippen molar-refractivity contribution in [1.82, 2.24) is 0 Å². The van der Waals surface area contributed by atoms with E-state index in [4.69, 9.17) is 0 Å². The summed E-state index contributed by atoms with van der Waals surface area (Å²) < 4.78 is 25.0. The van der Waals surface area contributed by atoms with E-state index in [9.17, 15) is 18.5 Å². The lowest BCUT2D eigenvalue weighted by atomic mass is 10.1. The van der Waals surface area contributed by atoms with Gasteiger partial charge < -0.3 is 0 Å². The molecule has 6 heteroatoms. The highest BCUT2D eigenvalue weighted by Gasteiger charge is 2.48. The van der Waals surface area contributed by atoms with Crippen LogP contribution in [0.4, 0.5) is 5.69 Å². The molecule has 3 rings (SSSR count). The molecule has 108 valence electrons. The van der Waals surface area contributed by atoms with Crippen molar-refractivity contribution in [3.05, 3.63) is 70.3 Å². The molecule has 0 spiro atoms. The monoisotopic (exact) mass is 303 g/mol. The molecule has 21 heavy (non-hydrogen) atoms. The van der Waals surface area contributed by atoms with Crippen LogP contribution >= 0.6 is 0 Å². The first kappa shape index (κ1) is 13.8. The van der Waals surface area contributed by atoms with E-state index >= 15 is 0 Å². The van der Waals surface area contributed by atoms with Crippen LogP contribution in [0.2, 0.25) is 0 Å². The minimum Gasteiger partial charge on any atom is -0.258 e. The Bertz CT molecular complexity index is 769. The van der Waals surface area contributed by atoms with E-state index in [1.54, 1.807) is 0 Å². The average Bonchev–Trinajstić information content (AvgIpc) is 3.29. The molecule has 1 saturated carbocycles. The van der Waals surface area contributed by atoms with Crippen molar-refractivity contribution in [2.75, 3.05) is 0 Å². The molecule has 1 aliphatic carbocycles. The Morgan fingerprint density at radius 3 is 2.19 bits per heavy atom. The zero-order chi connectivity index (χ0) is 15.0. The Kier molecular flexibility index (Phi) is 3.25. The fourth-order valence-electron chi connectivity index (χ4n) is 2.50. The zero-order valence-electron chi connectivity index (χ0n) is 11.0. The van der Waals surface area contributed by atoms with Gasteiger partial charge >= 0.3 is 0 Å². The van der Waals surface area contributed by atoms with Crippen molar-refractivity contribution in [3.63, 3.8) is 0 Å². The number of rotatable bonds is 4. The average molecular weight is 303 g/mol. The molecule has 0 saturated heterocycles. The van der Waals surface area contributed by atoms with Gasteiger partial charge in [-0.15, -0.1) is 0 Å². The van der Waals surface area contributed by atoms with Crippen LogP contribution in [-0.4, -0.2) is 18.6 Å². The number of hydrogen-bond donors (Lipinski definition) is 0. The highest BCUT2D eigenvalue weighted by atomic mass is 32.2. The molecule has 2 atom stereocenters. The van der Waals surface area contributed by atoms with Crippen LogP contribution in [0.25, 0.3) is 0 Å². The number of nitro benzene ring substituents is 1. The molecular weight excluding hydrogens is 290 g/mol. The van der Waals surface area contributed by atoms with Gasteiger partial charge in [0.15, 0.2) is 9.84 Å². The highest BCUT2D eigenvalue weighted by molar-refractivity contribution is 7.92. The molecule has 2 aromatic carbocycles. The predicted molar refractivity (Wildman–Crippen MR) is 77.9 cm³/mol. The lowest BCUT2D eigenvalue weighted by Gasteiger charge is -2.04. The lowest BCUT2D eigenvalue weighted by molar-refractivity contribution is -0.384. The lowest BCUT2D eigenvalue weighted by Crippen LogP contribution is -2.09. The molecule has 0 amide bonds. The normalized spacial score (nSPS) is 21.0. The van der Waals surface area contributed by atoms with Gasteiger partial charge in [0.25, 0.3) is 5.69 Å². The third-order valence-electron chi connectivity index (χ3n) is 3.73. The van der Waals surface area contributed by atoms with E-state index < -0.39 is 20.0 Å². The number of hydrogen-bond acceptors (Lipinski definition) is 4. The van der Waals surface area contributed by atoms with Crippen LogP contribution < -0.4 is 0 Å². The molecule has 0 bridgehead atoms. The van der Waals surface area contributed by atoms with E-state index in [0.717, 1.165) is 5.56 Å². The first-order valence-corrected chi connectivity index (χ1v) is 8.08. The summed E-state index contributed by atoms with van der Waals surface area (Å²) in [5.41, 5.74) is 0.914. The number of nitro groups is 1. The number of nitrogens with zero attached hydrogens (tertiary/aromatic N) is 1. The Morgan fingerprint density at radius 2 is 1.62 bits per heavy atom. The molecule has 5 nitrogen and oxygen atoms in total. The summed E-state index contributed by atoms with van der Waals surface area (Å²) in [4.78, 5) is 10.2. The largest absolute Gasteiger partial charge is 0.269 e. The van der Waals surface area contributed by atoms with E-state index in [-0.39, 0.29) is 16.5 Å². The summed E-state index contributed by atoms with van der Waals surface area (Å²) in [6.45, 7) is 0. The first-order chi connectivity index (χ1) is 10.00. The molecular formula is C15H13NO4S.